The Balaban J connectivity index is 0.00000441. The highest BCUT2D eigenvalue weighted by atomic mass is 35.5. The van der Waals surface area contributed by atoms with Gasteiger partial charge in [0.1, 0.15) is 5.75 Å². The first-order valence-electron chi connectivity index (χ1n) is 13.2. The Morgan fingerprint density at radius 1 is 0.950 bits per heavy atom. The Hall–Kier alpha value is -2.52. The molecule has 1 heterocycles. The van der Waals surface area contributed by atoms with Gasteiger partial charge in [-0.25, -0.2) is 0 Å². The molecule has 0 aromatic heterocycles. The predicted molar refractivity (Wildman–Crippen MR) is 170 cm³/mol. The molecule has 0 radical (unpaired) electrons. The van der Waals surface area contributed by atoms with E-state index in [2.05, 4.69) is 24.1 Å². The van der Waals surface area contributed by atoms with Crippen LogP contribution >= 0.6 is 35.9 Å². The van der Waals surface area contributed by atoms with Gasteiger partial charge in [0.2, 0.25) is 0 Å². The smallest absolute Gasteiger partial charge is 0.258 e. The van der Waals surface area contributed by atoms with Gasteiger partial charge in [0.05, 0.1) is 26.5 Å². The van der Waals surface area contributed by atoms with Crippen LogP contribution in [0.3, 0.4) is 0 Å². The van der Waals surface area contributed by atoms with E-state index in [1.54, 1.807) is 42.6 Å². The number of methoxy groups -OCH3 is 2. The van der Waals surface area contributed by atoms with Crippen molar-refractivity contribution in [3.63, 3.8) is 0 Å². The first-order valence-corrected chi connectivity index (χ1v) is 15.2. The van der Waals surface area contributed by atoms with Crippen LogP contribution in [0.1, 0.15) is 24.0 Å². The van der Waals surface area contributed by atoms with E-state index in [1.165, 1.54) is 5.56 Å². The van der Waals surface area contributed by atoms with E-state index in [-0.39, 0.29) is 18.3 Å². The molecule has 0 aliphatic carbocycles. The van der Waals surface area contributed by atoms with Crippen molar-refractivity contribution in [2.45, 2.75) is 28.2 Å². The van der Waals surface area contributed by atoms with Crippen LogP contribution in [0, 0.1) is 0 Å². The van der Waals surface area contributed by atoms with Crippen molar-refractivity contribution in [1.82, 2.24) is 4.90 Å². The minimum atomic E-state index is -0.705. The molecule has 3 aromatic rings. The molecule has 0 saturated heterocycles. The number of ether oxygens (including phenoxy) is 3. The Morgan fingerprint density at radius 3 is 2.38 bits per heavy atom. The van der Waals surface area contributed by atoms with E-state index in [4.69, 9.17) is 14.2 Å². The van der Waals surface area contributed by atoms with E-state index in [0.717, 1.165) is 65.7 Å². The molecule has 0 saturated carbocycles. The van der Waals surface area contributed by atoms with E-state index in [9.17, 15) is 4.79 Å². The Kier molecular flexibility index (Phi) is 11.9. The number of hydrogen-bond acceptors (Lipinski definition) is 7. The molecule has 0 fully saturated rings. The number of hydrogen-bond donors (Lipinski definition) is 0. The van der Waals surface area contributed by atoms with Crippen LogP contribution in [-0.4, -0.2) is 65.1 Å². The van der Waals surface area contributed by atoms with E-state index in [1.807, 2.05) is 67.9 Å². The van der Waals surface area contributed by atoms with Crippen LogP contribution in [0.4, 0.5) is 5.69 Å². The molecule has 40 heavy (non-hydrogen) atoms. The fourth-order valence-electron chi connectivity index (χ4n) is 4.69. The van der Waals surface area contributed by atoms with Crippen molar-refractivity contribution >= 4 is 47.5 Å². The highest BCUT2D eigenvalue weighted by Crippen LogP contribution is 2.55. The van der Waals surface area contributed by atoms with Crippen LogP contribution in [0.2, 0.25) is 0 Å². The van der Waals surface area contributed by atoms with Gasteiger partial charge >= 0.3 is 0 Å². The third-order valence-electron chi connectivity index (χ3n) is 7.02. The zero-order valence-electron chi connectivity index (χ0n) is 23.8. The van der Waals surface area contributed by atoms with Gasteiger partial charge in [-0.3, -0.25) is 4.79 Å². The second-order valence-electron chi connectivity index (χ2n) is 9.58. The minimum absolute atomic E-state index is 0. The second-order valence-corrected chi connectivity index (χ2v) is 12.1. The van der Waals surface area contributed by atoms with Gasteiger partial charge in [0.15, 0.2) is 15.6 Å². The summed E-state index contributed by atoms with van der Waals surface area (Å²) in [4.78, 5) is 18.7. The van der Waals surface area contributed by atoms with E-state index >= 15 is 0 Å². The Bertz CT molecular complexity index is 1260. The molecule has 216 valence electrons. The molecule has 0 N–H and O–H groups in total. The number of carbonyl (C=O) groups is 1. The molecule has 3 aromatic carbocycles. The number of likely N-dealkylation sites (N-methyl/N-ethyl adjacent to an activating group) is 2. The third-order valence-corrected chi connectivity index (χ3v) is 10.0. The molecule has 6 nitrogen and oxygen atoms in total. The van der Waals surface area contributed by atoms with Gasteiger partial charge in [-0.1, -0.05) is 42.1 Å². The molecule has 1 amide bonds. The highest BCUT2D eigenvalue weighted by molar-refractivity contribution is 8.18. The number of para-hydroxylation sites is 1. The largest absolute Gasteiger partial charge is 0.494 e. The summed E-state index contributed by atoms with van der Waals surface area (Å²) >= 11 is 3.20. The van der Waals surface area contributed by atoms with Crippen LogP contribution < -0.4 is 19.1 Å². The number of thioether (sulfide) groups is 2. The summed E-state index contributed by atoms with van der Waals surface area (Å²) in [5, 5.41) is 0. The van der Waals surface area contributed by atoms with Crippen LogP contribution in [0.5, 0.6) is 17.2 Å². The summed E-state index contributed by atoms with van der Waals surface area (Å²) in [6, 6.07) is 22.2. The maximum absolute atomic E-state index is 13.4. The third kappa shape index (κ3) is 7.21. The van der Waals surface area contributed by atoms with Gasteiger partial charge < -0.3 is 24.0 Å². The number of benzene rings is 3. The number of halogens is 1. The summed E-state index contributed by atoms with van der Waals surface area (Å²) in [7, 11) is 7.33. The van der Waals surface area contributed by atoms with Crippen molar-refractivity contribution in [3.05, 3.63) is 77.9 Å². The van der Waals surface area contributed by atoms with Gasteiger partial charge in [0, 0.05) is 18.5 Å². The fraction of sp³-hybridized carbons (Fsp3) is 0.387. The van der Waals surface area contributed by atoms with Crippen molar-refractivity contribution in [3.8, 4) is 17.2 Å². The minimum Gasteiger partial charge on any atom is -0.494 e. The zero-order chi connectivity index (χ0) is 27.8. The SMILES string of the molecule is COc1ccc(CCN(C)CCCCOc2ccc(C3(SC)Sc4ccccc4N(C)C3=O)cc2)cc1OC.Cl. The number of anilines is 1. The maximum atomic E-state index is 13.4. The second kappa shape index (κ2) is 14.9. The number of amides is 1. The molecule has 1 aliphatic heterocycles. The maximum Gasteiger partial charge on any atom is 0.258 e. The summed E-state index contributed by atoms with van der Waals surface area (Å²) in [5.74, 6) is 2.45. The van der Waals surface area contributed by atoms with Crippen LogP contribution in [0.15, 0.2) is 71.6 Å². The first-order chi connectivity index (χ1) is 18.9. The standard InChI is InChI=1S/C31H38N2O4S2.ClH/c1-32(20-18-23-12-17-27(35-3)28(22-23)36-4)19-8-9-21-37-25-15-13-24(14-16-25)31(38-5)30(34)33(2)26-10-6-7-11-29(26)39-31;/h6-7,10-17,22H,8-9,18-21H2,1-5H3;1H. The summed E-state index contributed by atoms with van der Waals surface area (Å²) < 4.78 is 16.1. The normalized spacial score (nSPS) is 16.4. The number of nitrogens with zero attached hydrogens (tertiary/aromatic N) is 2. The number of fused-ring (bicyclic) bond motifs is 1. The highest BCUT2D eigenvalue weighted by Gasteiger charge is 2.47. The van der Waals surface area contributed by atoms with Crippen molar-refractivity contribution < 1.29 is 19.0 Å². The van der Waals surface area contributed by atoms with E-state index in [0.29, 0.717) is 6.61 Å². The zero-order valence-corrected chi connectivity index (χ0v) is 26.3. The lowest BCUT2D eigenvalue weighted by Gasteiger charge is -2.39. The summed E-state index contributed by atoms with van der Waals surface area (Å²) in [6.45, 7) is 2.66. The summed E-state index contributed by atoms with van der Waals surface area (Å²) in [6.07, 6.45) is 5.00. The number of rotatable bonds is 13. The lowest BCUT2D eigenvalue weighted by Crippen LogP contribution is -2.44. The van der Waals surface area contributed by atoms with Gasteiger partial charge in [-0.05, 0) is 86.6 Å². The van der Waals surface area contributed by atoms with Gasteiger partial charge in [0.25, 0.3) is 5.91 Å². The molecule has 4 rings (SSSR count). The fourth-order valence-corrected chi connectivity index (χ4v) is 7.22. The molecule has 1 unspecified atom stereocenters. The van der Waals surface area contributed by atoms with Crippen LogP contribution in [0.25, 0.3) is 0 Å². The van der Waals surface area contributed by atoms with Gasteiger partial charge in [-0.2, -0.15) is 0 Å². The van der Waals surface area contributed by atoms with E-state index < -0.39 is 4.08 Å². The molecular formula is C31H39ClN2O4S2. The Labute approximate surface area is 253 Å². The Morgan fingerprint density at radius 2 is 1.68 bits per heavy atom. The lowest BCUT2D eigenvalue weighted by molar-refractivity contribution is -0.118. The summed E-state index contributed by atoms with van der Waals surface area (Å²) in [5.41, 5.74) is 3.18. The topological polar surface area (TPSA) is 51.2 Å². The molecule has 0 spiro atoms. The lowest BCUT2D eigenvalue weighted by atomic mass is 10.1. The van der Waals surface area contributed by atoms with Crippen molar-refractivity contribution in [1.29, 1.82) is 0 Å². The quantitative estimate of drug-likeness (QED) is 0.201. The first kappa shape index (κ1) is 32.0. The predicted octanol–water partition coefficient (Wildman–Crippen LogP) is 6.74. The number of unbranched alkanes of at least 4 members (excludes halogenated alkanes) is 1. The monoisotopic (exact) mass is 602 g/mol. The number of carbonyl (C=O) groups excluding carboxylic acids is 1. The van der Waals surface area contributed by atoms with Crippen LogP contribution in [-0.2, 0) is 15.3 Å². The van der Waals surface area contributed by atoms with Crippen molar-refractivity contribution in [2.75, 3.05) is 59.2 Å². The molecule has 9 heteroatoms. The average molecular weight is 603 g/mol. The molecule has 1 atom stereocenters. The average Bonchev–Trinajstić information content (AvgIpc) is 2.98. The molecule has 1 aliphatic rings. The molecular weight excluding hydrogens is 564 g/mol. The molecule has 0 bridgehead atoms. The van der Waals surface area contributed by atoms with Crippen molar-refractivity contribution in [2.24, 2.45) is 0 Å². The van der Waals surface area contributed by atoms with Gasteiger partial charge in [-0.15, -0.1) is 24.2 Å².